The second kappa shape index (κ2) is 11.5. The predicted octanol–water partition coefficient (Wildman–Crippen LogP) is 3.54. The number of unbranched alkanes of at least 4 members (excludes halogenated alkanes) is 2. The lowest BCUT2D eigenvalue weighted by molar-refractivity contribution is -0.117. The summed E-state index contributed by atoms with van der Waals surface area (Å²) in [6.07, 6.45) is 7.39. The molecule has 0 spiro atoms. The van der Waals surface area contributed by atoms with Gasteiger partial charge in [-0.3, -0.25) is 4.79 Å². The van der Waals surface area contributed by atoms with Crippen LogP contribution in [0.1, 0.15) is 45.4 Å². The van der Waals surface area contributed by atoms with Crippen molar-refractivity contribution in [1.82, 2.24) is 0 Å². The third-order valence-corrected chi connectivity index (χ3v) is 3.88. The average molecular weight is 262 g/mol. The number of rotatable bonds is 10. The summed E-state index contributed by atoms with van der Waals surface area (Å²) in [4.78, 5) is 22.1. The Bertz CT molecular complexity index is 205. The summed E-state index contributed by atoms with van der Waals surface area (Å²) < 4.78 is 0. The van der Waals surface area contributed by atoms with Crippen molar-refractivity contribution >= 4 is 34.4 Å². The Morgan fingerprint density at radius 3 is 2.19 bits per heavy atom. The summed E-state index contributed by atoms with van der Waals surface area (Å²) >= 11 is 3.31. The molecule has 0 aliphatic rings. The predicted molar refractivity (Wildman–Crippen MR) is 74.2 cm³/mol. The summed E-state index contributed by atoms with van der Waals surface area (Å²) in [5.41, 5.74) is 0. The van der Waals surface area contributed by atoms with Gasteiger partial charge in [0.05, 0.1) is 0 Å². The molecular weight excluding hydrogens is 240 g/mol. The molecule has 0 saturated heterocycles. The maximum absolute atomic E-state index is 11.4. The van der Waals surface area contributed by atoms with Gasteiger partial charge in [-0.2, -0.15) is 11.8 Å². The van der Waals surface area contributed by atoms with E-state index in [4.69, 9.17) is 0 Å². The molecule has 0 aromatic carbocycles. The molecule has 0 bridgehead atoms. The van der Waals surface area contributed by atoms with Crippen molar-refractivity contribution in [2.24, 2.45) is 0 Å². The second-order valence-corrected chi connectivity index (χ2v) is 5.97. The average Bonchev–Trinajstić information content (AvgIpc) is 2.24. The molecule has 0 unspecified atom stereocenters. The van der Waals surface area contributed by atoms with E-state index in [9.17, 15) is 9.59 Å². The van der Waals surface area contributed by atoms with Gasteiger partial charge in [-0.15, -0.1) is 0 Å². The number of hydrogen-bond donors (Lipinski definition) is 0. The van der Waals surface area contributed by atoms with E-state index < -0.39 is 0 Å². The standard InChI is InChI=1S/C12H22O2S2/c1-11(13)7-3-4-8-12(14)16-10-6-5-9-15-2/h3-10H2,1-2H3. The molecular formula is C12H22O2S2. The van der Waals surface area contributed by atoms with Gasteiger partial charge in [0, 0.05) is 18.6 Å². The lowest BCUT2D eigenvalue weighted by Crippen LogP contribution is -1.96. The van der Waals surface area contributed by atoms with Crippen molar-refractivity contribution in [1.29, 1.82) is 0 Å². The first-order valence-corrected chi connectivity index (χ1v) is 8.18. The van der Waals surface area contributed by atoms with E-state index >= 15 is 0 Å². The first kappa shape index (κ1) is 16.0. The summed E-state index contributed by atoms with van der Waals surface area (Å²) in [6.45, 7) is 1.60. The number of carbonyl (C=O) groups excluding carboxylic acids is 2. The first-order valence-electron chi connectivity index (χ1n) is 5.81. The molecule has 0 atom stereocenters. The lowest BCUT2D eigenvalue weighted by Gasteiger charge is -2.00. The Labute approximate surface area is 107 Å². The van der Waals surface area contributed by atoms with Crippen LogP contribution in [0, 0.1) is 0 Å². The number of thioether (sulfide) groups is 2. The third kappa shape index (κ3) is 12.1. The van der Waals surface area contributed by atoms with Crippen LogP contribution < -0.4 is 0 Å². The number of hydrogen-bond acceptors (Lipinski definition) is 4. The van der Waals surface area contributed by atoms with Crippen molar-refractivity contribution in [3.8, 4) is 0 Å². The molecule has 4 heteroatoms. The van der Waals surface area contributed by atoms with Crippen molar-refractivity contribution < 1.29 is 9.59 Å². The van der Waals surface area contributed by atoms with E-state index in [1.807, 2.05) is 11.8 Å². The molecule has 94 valence electrons. The summed E-state index contributed by atoms with van der Waals surface area (Å²) in [7, 11) is 0. The van der Waals surface area contributed by atoms with Crippen LogP contribution in [0.5, 0.6) is 0 Å². The fourth-order valence-electron chi connectivity index (χ4n) is 1.25. The van der Waals surface area contributed by atoms with Gasteiger partial charge in [0.25, 0.3) is 0 Å². The number of Topliss-reactive ketones (excluding diaryl/α,β-unsaturated/α-hetero) is 1. The van der Waals surface area contributed by atoms with E-state index in [0.717, 1.165) is 25.0 Å². The topological polar surface area (TPSA) is 34.1 Å². The Morgan fingerprint density at radius 1 is 0.938 bits per heavy atom. The lowest BCUT2D eigenvalue weighted by atomic mass is 10.1. The van der Waals surface area contributed by atoms with Gasteiger partial charge in [0.2, 0.25) is 0 Å². The highest BCUT2D eigenvalue weighted by Gasteiger charge is 2.02. The van der Waals surface area contributed by atoms with Crippen molar-refractivity contribution in [3.05, 3.63) is 0 Å². The highest BCUT2D eigenvalue weighted by molar-refractivity contribution is 8.13. The van der Waals surface area contributed by atoms with E-state index in [2.05, 4.69) is 6.26 Å². The molecule has 0 rings (SSSR count). The van der Waals surface area contributed by atoms with Crippen LogP contribution in [0.15, 0.2) is 0 Å². The molecule has 0 heterocycles. The maximum Gasteiger partial charge on any atom is 0.188 e. The minimum Gasteiger partial charge on any atom is -0.300 e. The fraction of sp³-hybridized carbons (Fsp3) is 0.833. The monoisotopic (exact) mass is 262 g/mol. The van der Waals surface area contributed by atoms with Gasteiger partial charge in [0.1, 0.15) is 5.78 Å². The van der Waals surface area contributed by atoms with Gasteiger partial charge in [-0.25, -0.2) is 0 Å². The molecule has 0 N–H and O–H groups in total. The van der Waals surface area contributed by atoms with E-state index in [1.54, 1.807) is 6.92 Å². The summed E-state index contributed by atoms with van der Waals surface area (Å²) in [6, 6.07) is 0. The number of ketones is 1. The largest absolute Gasteiger partial charge is 0.300 e. The van der Waals surface area contributed by atoms with Crippen molar-refractivity contribution in [2.75, 3.05) is 17.8 Å². The van der Waals surface area contributed by atoms with Crippen molar-refractivity contribution in [3.63, 3.8) is 0 Å². The third-order valence-electron chi connectivity index (χ3n) is 2.17. The zero-order valence-electron chi connectivity index (χ0n) is 10.3. The summed E-state index contributed by atoms with van der Waals surface area (Å²) in [5, 5.41) is 0.285. The highest BCUT2D eigenvalue weighted by atomic mass is 32.2. The smallest absolute Gasteiger partial charge is 0.188 e. The van der Waals surface area contributed by atoms with Crippen LogP contribution in [0.3, 0.4) is 0 Å². The molecule has 0 aromatic rings. The molecule has 0 fully saturated rings. The Kier molecular flexibility index (Phi) is 11.6. The Hall–Kier alpha value is 0.0400. The van der Waals surface area contributed by atoms with Crippen molar-refractivity contribution in [2.45, 2.75) is 45.4 Å². The first-order chi connectivity index (χ1) is 7.66. The van der Waals surface area contributed by atoms with E-state index in [0.29, 0.717) is 12.8 Å². The molecule has 16 heavy (non-hydrogen) atoms. The molecule has 0 amide bonds. The second-order valence-electron chi connectivity index (χ2n) is 3.83. The summed E-state index contributed by atoms with van der Waals surface area (Å²) in [5.74, 6) is 2.36. The molecule has 0 aliphatic carbocycles. The Balaban J connectivity index is 3.21. The van der Waals surface area contributed by atoms with Gasteiger partial charge in [0.15, 0.2) is 5.12 Å². The molecule has 0 aromatic heterocycles. The molecule has 0 aliphatic heterocycles. The van der Waals surface area contributed by atoms with Crippen LogP contribution in [0.4, 0.5) is 0 Å². The van der Waals surface area contributed by atoms with Gasteiger partial charge < -0.3 is 4.79 Å². The quantitative estimate of drug-likeness (QED) is 0.564. The highest BCUT2D eigenvalue weighted by Crippen LogP contribution is 2.13. The SMILES string of the molecule is CSCCCCSC(=O)CCCCC(C)=O. The molecule has 0 saturated carbocycles. The van der Waals surface area contributed by atoms with Crippen LogP contribution in [-0.2, 0) is 9.59 Å². The fourth-order valence-corrected chi connectivity index (χ4v) is 2.61. The molecule has 2 nitrogen and oxygen atoms in total. The van der Waals surface area contributed by atoms with Gasteiger partial charge >= 0.3 is 0 Å². The van der Waals surface area contributed by atoms with Crippen LogP contribution in [0.2, 0.25) is 0 Å². The van der Waals surface area contributed by atoms with Crippen LogP contribution in [-0.4, -0.2) is 28.7 Å². The zero-order valence-corrected chi connectivity index (χ0v) is 11.9. The minimum absolute atomic E-state index is 0.220. The zero-order chi connectivity index (χ0) is 12.2. The Morgan fingerprint density at radius 2 is 1.56 bits per heavy atom. The normalized spacial score (nSPS) is 10.4. The van der Waals surface area contributed by atoms with E-state index in [-0.39, 0.29) is 10.9 Å². The minimum atomic E-state index is 0.220. The van der Waals surface area contributed by atoms with Gasteiger partial charge in [-0.05, 0) is 44.6 Å². The maximum atomic E-state index is 11.4. The molecule has 0 radical (unpaired) electrons. The number of carbonyl (C=O) groups is 2. The van der Waals surface area contributed by atoms with Crippen LogP contribution >= 0.6 is 23.5 Å². The van der Waals surface area contributed by atoms with Crippen LogP contribution in [0.25, 0.3) is 0 Å². The van der Waals surface area contributed by atoms with E-state index in [1.165, 1.54) is 23.9 Å². The van der Waals surface area contributed by atoms with Gasteiger partial charge in [-0.1, -0.05) is 11.8 Å².